The van der Waals surface area contributed by atoms with Crippen molar-refractivity contribution in [2.75, 3.05) is 0 Å². The summed E-state index contributed by atoms with van der Waals surface area (Å²) in [5, 5.41) is 4.15. The number of Topliss-reactive ketones (excluding diaryl/α,β-unsaturated/α-hetero) is 1. The summed E-state index contributed by atoms with van der Waals surface area (Å²) in [6, 6.07) is 2.42. The minimum absolute atomic E-state index is 0.116. The van der Waals surface area contributed by atoms with Crippen LogP contribution in [-0.4, -0.2) is 15.6 Å². The minimum atomic E-state index is -0.840. The van der Waals surface area contributed by atoms with Gasteiger partial charge in [0, 0.05) is 7.05 Å². The molecule has 6 heteroatoms. The molecule has 0 bridgehead atoms. The molecule has 0 radical (unpaired) electrons. The van der Waals surface area contributed by atoms with E-state index in [0.717, 1.165) is 11.8 Å². The van der Waals surface area contributed by atoms with E-state index in [2.05, 4.69) is 21.0 Å². The molecule has 1 aromatic heterocycles. The van der Waals surface area contributed by atoms with Gasteiger partial charge in [0.15, 0.2) is 5.78 Å². The fourth-order valence-corrected chi connectivity index (χ4v) is 2.50. The van der Waals surface area contributed by atoms with Crippen molar-refractivity contribution in [1.29, 1.82) is 0 Å². The summed E-state index contributed by atoms with van der Waals surface area (Å²) in [5.74, 6) is -2.24. The third-order valence-electron chi connectivity index (χ3n) is 3.15. The maximum Gasteiger partial charge on any atom is 0.174 e. The van der Waals surface area contributed by atoms with Crippen molar-refractivity contribution in [2.24, 2.45) is 7.05 Å². The van der Waals surface area contributed by atoms with Gasteiger partial charge in [0.2, 0.25) is 0 Å². The van der Waals surface area contributed by atoms with E-state index in [4.69, 9.17) is 0 Å². The van der Waals surface area contributed by atoms with Crippen molar-refractivity contribution in [3.63, 3.8) is 0 Å². The number of benzene rings is 1. The van der Waals surface area contributed by atoms with Gasteiger partial charge in [-0.1, -0.05) is 6.07 Å². The molecule has 0 saturated heterocycles. The number of hydrogen-bond acceptors (Lipinski definition) is 2. The molecule has 0 unspecified atom stereocenters. The molecule has 3 nitrogen and oxygen atoms in total. The third kappa shape index (κ3) is 2.52. The SMILES string of the molecule is Cc1ccc(F)c(C(=O)Cc2c(Br)c(C)nn2C)c1F. The highest BCUT2D eigenvalue weighted by atomic mass is 79.9. The van der Waals surface area contributed by atoms with Crippen molar-refractivity contribution in [1.82, 2.24) is 9.78 Å². The van der Waals surface area contributed by atoms with E-state index in [-0.39, 0.29) is 12.0 Å². The van der Waals surface area contributed by atoms with Crippen LogP contribution in [0.3, 0.4) is 0 Å². The first-order chi connectivity index (χ1) is 9.32. The summed E-state index contributed by atoms with van der Waals surface area (Å²) in [5.41, 5.74) is 1.07. The van der Waals surface area contributed by atoms with Crippen LogP contribution >= 0.6 is 15.9 Å². The summed E-state index contributed by atoms with van der Waals surface area (Å²) >= 11 is 3.33. The lowest BCUT2D eigenvalue weighted by molar-refractivity contribution is 0.0982. The van der Waals surface area contributed by atoms with Crippen molar-refractivity contribution in [2.45, 2.75) is 20.3 Å². The van der Waals surface area contributed by atoms with Crippen molar-refractivity contribution in [3.05, 3.63) is 50.8 Å². The topological polar surface area (TPSA) is 34.9 Å². The van der Waals surface area contributed by atoms with Gasteiger partial charge in [-0.2, -0.15) is 5.10 Å². The summed E-state index contributed by atoms with van der Waals surface area (Å²) in [4.78, 5) is 12.2. The molecule has 0 amide bonds. The average Bonchev–Trinajstić information content (AvgIpc) is 2.61. The second-order valence-corrected chi connectivity index (χ2v) is 5.42. The molecular weight excluding hydrogens is 330 g/mol. The van der Waals surface area contributed by atoms with Crippen LogP contribution in [0.2, 0.25) is 0 Å². The Hall–Kier alpha value is -1.56. The summed E-state index contributed by atoms with van der Waals surface area (Å²) in [6.45, 7) is 3.28. The van der Waals surface area contributed by atoms with E-state index < -0.39 is 23.0 Å². The molecule has 2 rings (SSSR count). The van der Waals surface area contributed by atoms with E-state index in [1.165, 1.54) is 17.7 Å². The third-order valence-corrected chi connectivity index (χ3v) is 4.18. The highest BCUT2D eigenvalue weighted by Gasteiger charge is 2.22. The standard InChI is InChI=1S/C14H13BrF2N2O/c1-7-4-5-9(16)12(14(7)17)11(20)6-10-13(15)8(2)18-19(10)3/h4-5H,6H2,1-3H3. The van der Waals surface area contributed by atoms with Crippen LogP contribution in [0.5, 0.6) is 0 Å². The van der Waals surface area contributed by atoms with Crippen LogP contribution in [0, 0.1) is 25.5 Å². The lowest BCUT2D eigenvalue weighted by Gasteiger charge is -2.07. The normalized spacial score (nSPS) is 10.9. The largest absolute Gasteiger partial charge is 0.294 e. The van der Waals surface area contributed by atoms with Gasteiger partial charge in [-0.3, -0.25) is 9.48 Å². The highest BCUT2D eigenvalue weighted by Crippen LogP contribution is 2.24. The Morgan fingerprint density at radius 3 is 2.55 bits per heavy atom. The maximum atomic E-state index is 13.9. The smallest absolute Gasteiger partial charge is 0.174 e. The number of ketones is 1. The van der Waals surface area contributed by atoms with E-state index in [0.29, 0.717) is 10.2 Å². The maximum absolute atomic E-state index is 13.9. The Morgan fingerprint density at radius 1 is 1.35 bits per heavy atom. The molecule has 0 N–H and O–H groups in total. The molecule has 0 spiro atoms. The van der Waals surface area contributed by atoms with Gasteiger partial charge < -0.3 is 0 Å². The van der Waals surface area contributed by atoms with Crippen molar-refractivity contribution >= 4 is 21.7 Å². The molecule has 0 aliphatic heterocycles. The van der Waals surface area contributed by atoms with Crippen LogP contribution in [0.25, 0.3) is 0 Å². The molecule has 1 aromatic carbocycles. The van der Waals surface area contributed by atoms with Crippen molar-refractivity contribution < 1.29 is 13.6 Å². The average molecular weight is 343 g/mol. The second kappa shape index (κ2) is 5.44. The molecule has 0 saturated carbocycles. The molecule has 0 aliphatic carbocycles. The zero-order chi connectivity index (χ0) is 15.0. The number of carbonyl (C=O) groups excluding carboxylic acids is 1. The first-order valence-corrected chi connectivity index (χ1v) is 6.78. The number of rotatable bonds is 3. The number of hydrogen-bond donors (Lipinski definition) is 0. The highest BCUT2D eigenvalue weighted by molar-refractivity contribution is 9.10. The van der Waals surface area contributed by atoms with Crippen LogP contribution in [0.15, 0.2) is 16.6 Å². The lowest BCUT2D eigenvalue weighted by Crippen LogP contribution is -2.13. The number of aryl methyl sites for hydroxylation is 3. The van der Waals surface area contributed by atoms with E-state index in [1.54, 1.807) is 14.0 Å². The lowest BCUT2D eigenvalue weighted by atomic mass is 10.0. The number of nitrogens with zero attached hydrogens (tertiary/aromatic N) is 2. The van der Waals surface area contributed by atoms with Gasteiger partial charge in [-0.05, 0) is 41.4 Å². The fraction of sp³-hybridized carbons (Fsp3) is 0.286. The zero-order valence-electron chi connectivity index (χ0n) is 11.3. The van der Waals surface area contributed by atoms with Gasteiger partial charge >= 0.3 is 0 Å². The Labute approximate surface area is 123 Å². The minimum Gasteiger partial charge on any atom is -0.294 e. The first-order valence-electron chi connectivity index (χ1n) is 5.98. The summed E-state index contributed by atoms with van der Waals surface area (Å²) < 4.78 is 29.8. The Bertz CT molecular complexity index is 695. The molecule has 0 fully saturated rings. The van der Waals surface area contributed by atoms with Crippen LogP contribution in [0.4, 0.5) is 8.78 Å². The predicted octanol–water partition coefficient (Wildman–Crippen LogP) is 3.50. The Morgan fingerprint density at radius 2 is 2.00 bits per heavy atom. The predicted molar refractivity (Wildman–Crippen MR) is 74.8 cm³/mol. The monoisotopic (exact) mass is 342 g/mol. The van der Waals surface area contributed by atoms with E-state index in [9.17, 15) is 13.6 Å². The van der Waals surface area contributed by atoms with Gasteiger partial charge in [-0.15, -0.1) is 0 Å². The van der Waals surface area contributed by atoms with Crippen LogP contribution in [0.1, 0.15) is 27.3 Å². The molecule has 1 heterocycles. The first kappa shape index (κ1) is 14.8. The van der Waals surface area contributed by atoms with Gasteiger partial charge in [-0.25, -0.2) is 8.78 Å². The summed E-state index contributed by atoms with van der Waals surface area (Å²) in [6.07, 6.45) is -0.116. The number of carbonyl (C=O) groups is 1. The number of halogens is 3. The summed E-state index contributed by atoms with van der Waals surface area (Å²) in [7, 11) is 1.68. The van der Waals surface area contributed by atoms with Crippen LogP contribution < -0.4 is 0 Å². The van der Waals surface area contributed by atoms with Crippen LogP contribution in [-0.2, 0) is 13.5 Å². The molecular formula is C14H13BrF2N2O. The van der Waals surface area contributed by atoms with Gasteiger partial charge in [0.25, 0.3) is 0 Å². The Kier molecular flexibility index (Phi) is 4.04. The second-order valence-electron chi connectivity index (χ2n) is 4.62. The van der Waals surface area contributed by atoms with Crippen molar-refractivity contribution in [3.8, 4) is 0 Å². The molecule has 106 valence electrons. The van der Waals surface area contributed by atoms with E-state index >= 15 is 0 Å². The molecule has 0 atom stereocenters. The van der Waals surface area contributed by atoms with Gasteiger partial charge in [0.1, 0.15) is 11.6 Å². The number of aromatic nitrogens is 2. The quantitative estimate of drug-likeness (QED) is 0.800. The fourth-order valence-electron chi connectivity index (χ4n) is 2.02. The van der Waals surface area contributed by atoms with Gasteiger partial charge in [0.05, 0.1) is 27.8 Å². The molecule has 0 aliphatic rings. The zero-order valence-corrected chi connectivity index (χ0v) is 12.9. The Balaban J connectivity index is 2.41. The molecule has 2 aromatic rings. The van der Waals surface area contributed by atoms with E-state index in [1.807, 2.05) is 0 Å². The molecule has 20 heavy (non-hydrogen) atoms.